The lowest BCUT2D eigenvalue weighted by Crippen LogP contribution is -2.32. The number of nitrogens with one attached hydrogen (secondary N) is 1. The summed E-state index contributed by atoms with van der Waals surface area (Å²) < 4.78 is 27.5. The molecule has 0 aliphatic carbocycles. The van der Waals surface area contributed by atoms with Crippen LogP contribution in [0, 0.1) is 21.7 Å². The highest BCUT2D eigenvalue weighted by Gasteiger charge is 2.39. The molecule has 1 aliphatic heterocycles. The molecule has 0 saturated carbocycles. The van der Waals surface area contributed by atoms with Gasteiger partial charge in [0.25, 0.3) is 5.91 Å². The van der Waals surface area contributed by atoms with E-state index >= 15 is 0 Å². The number of halogens is 2. The van der Waals surface area contributed by atoms with E-state index in [1.54, 1.807) is 0 Å². The third-order valence-corrected chi connectivity index (χ3v) is 3.89. The minimum absolute atomic E-state index is 0.00590. The van der Waals surface area contributed by atoms with Crippen molar-refractivity contribution in [3.8, 4) is 0 Å². The first-order valence-electron chi connectivity index (χ1n) is 7.00. The summed E-state index contributed by atoms with van der Waals surface area (Å²) in [6.07, 6.45) is -0.0745. The van der Waals surface area contributed by atoms with Gasteiger partial charge < -0.3 is 10.0 Å². The average Bonchev–Trinajstić information content (AvgIpc) is 3.15. The normalized spacial score (nSPS) is 20.4. The van der Waals surface area contributed by atoms with Gasteiger partial charge in [-0.25, -0.2) is 8.78 Å². The monoisotopic (exact) mass is 338 g/mol. The number of aromatic nitrogens is 2. The standard InChI is InChI=1S/C14H12F2N4O4/c15-7-1-2-10(16)9(3-7)11-4-8(21)6-19(11)14(22)13-12(20(23)24)5-17-18-13/h1-3,5,8,11,21H,4,6H2,(H,17,18). The second-order valence-electron chi connectivity index (χ2n) is 5.42. The summed E-state index contributed by atoms with van der Waals surface area (Å²) in [6.45, 7) is -0.157. The molecule has 0 spiro atoms. The largest absolute Gasteiger partial charge is 0.391 e. The van der Waals surface area contributed by atoms with Crippen LogP contribution in [0.4, 0.5) is 14.5 Å². The lowest BCUT2D eigenvalue weighted by molar-refractivity contribution is -0.385. The van der Waals surface area contributed by atoms with Gasteiger partial charge >= 0.3 is 5.69 Å². The molecule has 2 atom stereocenters. The Morgan fingerprint density at radius 2 is 2.21 bits per heavy atom. The van der Waals surface area contributed by atoms with Crippen LogP contribution in [0.5, 0.6) is 0 Å². The van der Waals surface area contributed by atoms with Crippen LogP contribution in [0.2, 0.25) is 0 Å². The van der Waals surface area contributed by atoms with Gasteiger partial charge in [0.2, 0.25) is 5.69 Å². The van der Waals surface area contributed by atoms with Crippen LogP contribution < -0.4 is 0 Å². The Balaban J connectivity index is 1.99. The van der Waals surface area contributed by atoms with Crippen molar-refractivity contribution in [1.29, 1.82) is 0 Å². The first kappa shape index (κ1) is 16.0. The number of nitrogens with zero attached hydrogens (tertiary/aromatic N) is 3. The Hall–Kier alpha value is -2.88. The fraction of sp³-hybridized carbons (Fsp3) is 0.286. The summed E-state index contributed by atoms with van der Waals surface area (Å²) >= 11 is 0. The van der Waals surface area contributed by atoms with Crippen molar-refractivity contribution in [3.05, 3.63) is 57.4 Å². The molecule has 1 aromatic heterocycles. The molecular weight excluding hydrogens is 326 g/mol. The SMILES string of the molecule is O=C(c1[nH]ncc1[N+](=O)[O-])N1CC(O)CC1c1cc(F)ccc1F. The molecule has 1 amide bonds. The Kier molecular flexibility index (Phi) is 3.97. The summed E-state index contributed by atoms with van der Waals surface area (Å²) in [5.74, 6) is -2.23. The van der Waals surface area contributed by atoms with Crippen molar-refractivity contribution < 1.29 is 23.6 Å². The van der Waals surface area contributed by atoms with Crippen molar-refractivity contribution in [2.24, 2.45) is 0 Å². The highest BCUT2D eigenvalue weighted by molar-refractivity contribution is 5.96. The number of benzene rings is 1. The van der Waals surface area contributed by atoms with Gasteiger partial charge in [0, 0.05) is 12.1 Å². The molecular formula is C14H12F2N4O4. The number of nitro groups is 1. The van der Waals surface area contributed by atoms with E-state index in [1.165, 1.54) is 0 Å². The molecule has 2 N–H and O–H groups in total. The molecule has 1 aliphatic rings. The van der Waals surface area contributed by atoms with Crippen LogP contribution in [0.3, 0.4) is 0 Å². The Labute approximate surface area is 133 Å². The van der Waals surface area contributed by atoms with E-state index in [4.69, 9.17) is 0 Å². The minimum atomic E-state index is -0.955. The first-order valence-corrected chi connectivity index (χ1v) is 7.00. The predicted molar refractivity (Wildman–Crippen MR) is 76.0 cm³/mol. The minimum Gasteiger partial charge on any atom is -0.391 e. The number of aliphatic hydroxyl groups excluding tert-OH is 1. The number of carbonyl (C=O) groups is 1. The lowest BCUT2D eigenvalue weighted by atomic mass is 10.0. The summed E-state index contributed by atoms with van der Waals surface area (Å²) in [5, 5.41) is 26.5. The number of likely N-dealkylation sites (tertiary alicyclic amines) is 1. The van der Waals surface area contributed by atoms with Crippen LogP contribution in [0.25, 0.3) is 0 Å². The Bertz CT molecular complexity index is 810. The van der Waals surface area contributed by atoms with Gasteiger partial charge in [-0.3, -0.25) is 20.0 Å². The third-order valence-electron chi connectivity index (χ3n) is 3.89. The van der Waals surface area contributed by atoms with Gasteiger partial charge in [-0.05, 0) is 24.6 Å². The molecule has 0 radical (unpaired) electrons. The second kappa shape index (κ2) is 5.96. The number of amides is 1. The Morgan fingerprint density at radius 1 is 1.46 bits per heavy atom. The summed E-state index contributed by atoms with van der Waals surface area (Å²) in [5.41, 5.74) is -1.00. The molecule has 2 aromatic rings. The van der Waals surface area contributed by atoms with Crippen molar-refractivity contribution in [2.45, 2.75) is 18.6 Å². The Morgan fingerprint density at radius 3 is 2.92 bits per heavy atom. The number of aliphatic hydroxyl groups is 1. The van der Waals surface area contributed by atoms with Gasteiger partial charge in [0.1, 0.15) is 17.8 Å². The van der Waals surface area contributed by atoms with Crippen molar-refractivity contribution in [1.82, 2.24) is 15.1 Å². The predicted octanol–water partition coefficient (Wildman–Crippen LogP) is 1.54. The quantitative estimate of drug-likeness (QED) is 0.651. The highest BCUT2D eigenvalue weighted by atomic mass is 19.1. The lowest BCUT2D eigenvalue weighted by Gasteiger charge is -2.24. The number of carbonyl (C=O) groups excluding carboxylic acids is 1. The van der Waals surface area contributed by atoms with Crippen molar-refractivity contribution in [2.75, 3.05) is 6.54 Å². The molecule has 2 unspecified atom stereocenters. The molecule has 1 aromatic carbocycles. The van der Waals surface area contributed by atoms with Crippen LogP contribution >= 0.6 is 0 Å². The highest BCUT2D eigenvalue weighted by Crippen LogP contribution is 2.35. The first-order chi connectivity index (χ1) is 11.4. The molecule has 2 heterocycles. The van der Waals surface area contributed by atoms with E-state index in [9.17, 15) is 28.8 Å². The van der Waals surface area contributed by atoms with Gasteiger partial charge in [-0.1, -0.05) is 0 Å². The number of aromatic amines is 1. The molecule has 1 saturated heterocycles. The number of hydrogen-bond donors (Lipinski definition) is 2. The molecule has 3 rings (SSSR count). The van der Waals surface area contributed by atoms with E-state index < -0.39 is 40.3 Å². The smallest absolute Gasteiger partial charge is 0.319 e. The van der Waals surface area contributed by atoms with Gasteiger partial charge in [-0.2, -0.15) is 5.10 Å². The van der Waals surface area contributed by atoms with Gasteiger partial charge in [0.05, 0.1) is 17.1 Å². The maximum absolute atomic E-state index is 14.0. The molecule has 126 valence electrons. The number of rotatable bonds is 3. The number of β-amino-alcohol motifs (C(OH)–C–C–N with tert-alkyl or cyclic N) is 1. The van der Waals surface area contributed by atoms with Crippen LogP contribution in [-0.2, 0) is 0 Å². The second-order valence-corrected chi connectivity index (χ2v) is 5.42. The topological polar surface area (TPSA) is 112 Å². The molecule has 1 fully saturated rings. The number of H-pyrrole nitrogens is 1. The fourth-order valence-electron chi connectivity index (χ4n) is 2.82. The zero-order chi connectivity index (χ0) is 17.4. The van der Waals surface area contributed by atoms with E-state index in [1.807, 2.05) is 0 Å². The summed E-state index contributed by atoms with van der Waals surface area (Å²) in [4.78, 5) is 23.8. The average molecular weight is 338 g/mol. The van der Waals surface area contributed by atoms with E-state index in [-0.39, 0.29) is 24.2 Å². The number of hydrogen-bond acceptors (Lipinski definition) is 5. The molecule has 24 heavy (non-hydrogen) atoms. The molecule has 8 nitrogen and oxygen atoms in total. The third kappa shape index (κ3) is 2.71. The van der Waals surface area contributed by atoms with Crippen molar-refractivity contribution in [3.63, 3.8) is 0 Å². The van der Waals surface area contributed by atoms with Crippen molar-refractivity contribution >= 4 is 11.6 Å². The van der Waals surface area contributed by atoms with Crippen LogP contribution in [0.15, 0.2) is 24.4 Å². The fourth-order valence-corrected chi connectivity index (χ4v) is 2.82. The molecule has 0 bridgehead atoms. The van der Waals surface area contributed by atoms with E-state index in [0.29, 0.717) is 0 Å². The zero-order valence-corrected chi connectivity index (χ0v) is 12.1. The maximum atomic E-state index is 14.0. The maximum Gasteiger partial charge on any atom is 0.319 e. The summed E-state index contributed by atoms with van der Waals surface area (Å²) in [6, 6.07) is 1.87. The summed E-state index contributed by atoms with van der Waals surface area (Å²) in [7, 11) is 0. The van der Waals surface area contributed by atoms with E-state index in [0.717, 1.165) is 29.3 Å². The molecule has 10 heteroatoms. The van der Waals surface area contributed by atoms with E-state index in [2.05, 4.69) is 10.2 Å². The van der Waals surface area contributed by atoms with Gasteiger partial charge in [0.15, 0.2) is 0 Å². The zero-order valence-electron chi connectivity index (χ0n) is 12.1. The van der Waals surface area contributed by atoms with Gasteiger partial charge in [-0.15, -0.1) is 0 Å². The van der Waals surface area contributed by atoms with Crippen LogP contribution in [-0.4, -0.2) is 43.7 Å². The van der Waals surface area contributed by atoms with Crippen LogP contribution in [0.1, 0.15) is 28.5 Å².